The molecular weight excluding hydrogens is 516 g/mol. The molecule has 2 aromatic heterocycles. The SMILES string of the molecule is COc1cc([C@H]2C(C#N)=C(N)Oc3cc(C)n(Cc4ccccn4)c(=O)c32)ccc1OCc1ccccc1Cl. The maximum absolute atomic E-state index is 13.9. The van der Waals surface area contributed by atoms with Gasteiger partial charge in [0.1, 0.15) is 24.0 Å². The number of ether oxygens (including phenoxy) is 3. The smallest absolute Gasteiger partial charge is 0.259 e. The Hall–Kier alpha value is -4.74. The quantitative estimate of drug-likeness (QED) is 0.348. The van der Waals surface area contributed by atoms with Gasteiger partial charge in [-0.15, -0.1) is 0 Å². The molecule has 3 heterocycles. The van der Waals surface area contributed by atoms with Gasteiger partial charge < -0.3 is 24.5 Å². The second kappa shape index (κ2) is 10.9. The summed E-state index contributed by atoms with van der Waals surface area (Å²) in [6, 6.07) is 22.1. The number of rotatable bonds is 7. The lowest BCUT2D eigenvalue weighted by molar-refractivity contribution is 0.284. The zero-order valence-electron chi connectivity index (χ0n) is 21.3. The van der Waals surface area contributed by atoms with E-state index >= 15 is 0 Å². The van der Waals surface area contributed by atoms with Gasteiger partial charge in [0.2, 0.25) is 5.88 Å². The standard InChI is InChI=1S/C30H25ClN4O4/c1-18-13-26-28(30(36)35(18)16-21-8-5-6-12-34-21)27(22(15-32)29(33)39-26)19-10-11-24(25(14-19)37-2)38-17-20-7-3-4-9-23(20)31/h3-14,27H,16-17,33H2,1-2H3/t27-/m0/s1. The van der Waals surface area contributed by atoms with Crippen LogP contribution in [-0.4, -0.2) is 16.7 Å². The molecule has 0 unspecified atom stereocenters. The summed E-state index contributed by atoms with van der Waals surface area (Å²) in [5.41, 5.74) is 9.20. The van der Waals surface area contributed by atoms with Gasteiger partial charge in [-0.3, -0.25) is 9.78 Å². The summed E-state index contributed by atoms with van der Waals surface area (Å²) in [7, 11) is 1.53. The van der Waals surface area contributed by atoms with E-state index in [9.17, 15) is 10.1 Å². The molecule has 1 atom stereocenters. The van der Waals surface area contributed by atoms with Crippen LogP contribution >= 0.6 is 11.6 Å². The summed E-state index contributed by atoms with van der Waals surface area (Å²) in [6.45, 7) is 2.32. The van der Waals surface area contributed by atoms with Crippen molar-refractivity contribution in [2.45, 2.75) is 26.0 Å². The zero-order chi connectivity index (χ0) is 27.5. The van der Waals surface area contributed by atoms with Crippen LogP contribution in [0.3, 0.4) is 0 Å². The van der Waals surface area contributed by atoms with Crippen molar-refractivity contribution in [2.24, 2.45) is 5.73 Å². The number of halogens is 1. The number of nitriles is 1. The maximum Gasteiger partial charge on any atom is 0.259 e. The third-order valence-electron chi connectivity index (χ3n) is 6.60. The molecule has 8 nitrogen and oxygen atoms in total. The van der Waals surface area contributed by atoms with Gasteiger partial charge in [0, 0.05) is 28.5 Å². The molecule has 0 bridgehead atoms. The first-order chi connectivity index (χ1) is 18.9. The molecule has 5 rings (SSSR count). The van der Waals surface area contributed by atoms with Gasteiger partial charge in [-0.2, -0.15) is 5.26 Å². The monoisotopic (exact) mass is 540 g/mol. The molecule has 9 heteroatoms. The average Bonchev–Trinajstić information content (AvgIpc) is 2.94. The lowest BCUT2D eigenvalue weighted by atomic mass is 9.84. The molecule has 0 saturated heterocycles. The fourth-order valence-electron chi connectivity index (χ4n) is 4.62. The average molecular weight is 541 g/mol. The van der Waals surface area contributed by atoms with E-state index < -0.39 is 5.92 Å². The number of fused-ring (bicyclic) bond motifs is 1. The van der Waals surface area contributed by atoms with E-state index in [0.717, 1.165) is 11.3 Å². The molecule has 0 fully saturated rings. The molecule has 1 aliphatic rings. The second-order valence-corrected chi connectivity index (χ2v) is 9.40. The van der Waals surface area contributed by atoms with Gasteiger partial charge in [0.05, 0.1) is 30.8 Å². The summed E-state index contributed by atoms with van der Waals surface area (Å²) in [5.74, 6) is 0.418. The molecule has 2 aromatic carbocycles. The van der Waals surface area contributed by atoms with Crippen LogP contribution in [0.5, 0.6) is 17.2 Å². The Balaban J connectivity index is 1.57. The van der Waals surface area contributed by atoms with Crippen molar-refractivity contribution in [3.05, 3.63) is 128 Å². The number of nitrogens with two attached hydrogens (primary N) is 1. The fourth-order valence-corrected chi connectivity index (χ4v) is 4.81. The summed E-state index contributed by atoms with van der Waals surface area (Å²) < 4.78 is 19.0. The Bertz CT molecular complexity index is 1680. The van der Waals surface area contributed by atoms with Crippen molar-refractivity contribution >= 4 is 11.6 Å². The Kier molecular flexibility index (Phi) is 7.26. The summed E-state index contributed by atoms with van der Waals surface area (Å²) in [5, 5.41) is 10.6. The second-order valence-electron chi connectivity index (χ2n) is 8.99. The van der Waals surface area contributed by atoms with Gasteiger partial charge in [0.15, 0.2) is 11.5 Å². The van der Waals surface area contributed by atoms with Gasteiger partial charge in [0.25, 0.3) is 5.56 Å². The lowest BCUT2D eigenvalue weighted by Crippen LogP contribution is -2.33. The zero-order valence-corrected chi connectivity index (χ0v) is 22.1. The highest BCUT2D eigenvalue weighted by Crippen LogP contribution is 2.43. The van der Waals surface area contributed by atoms with E-state index in [-0.39, 0.29) is 30.2 Å². The Labute approximate surface area is 230 Å². The topological polar surface area (TPSA) is 112 Å². The maximum atomic E-state index is 13.9. The van der Waals surface area contributed by atoms with Crippen LogP contribution < -0.4 is 25.5 Å². The molecule has 2 N–H and O–H groups in total. The van der Waals surface area contributed by atoms with Crippen molar-refractivity contribution in [1.29, 1.82) is 5.26 Å². The first-order valence-corrected chi connectivity index (χ1v) is 12.5. The highest BCUT2D eigenvalue weighted by Gasteiger charge is 2.35. The molecule has 0 saturated carbocycles. The first kappa shape index (κ1) is 25.9. The van der Waals surface area contributed by atoms with E-state index in [0.29, 0.717) is 39.1 Å². The number of benzene rings is 2. The van der Waals surface area contributed by atoms with Crippen LogP contribution in [0.2, 0.25) is 5.02 Å². The van der Waals surface area contributed by atoms with Crippen molar-refractivity contribution in [3.63, 3.8) is 0 Å². The number of hydrogen-bond donors (Lipinski definition) is 1. The minimum absolute atomic E-state index is 0.0470. The predicted octanol–water partition coefficient (Wildman–Crippen LogP) is 5.06. The van der Waals surface area contributed by atoms with Crippen LogP contribution in [0.4, 0.5) is 0 Å². The van der Waals surface area contributed by atoms with Crippen LogP contribution in [-0.2, 0) is 13.2 Å². The summed E-state index contributed by atoms with van der Waals surface area (Å²) >= 11 is 6.27. The highest BCUT2D eigenvalue weighted by atomic mass is 35.5. The molecule has 196 valence electrons. The molecule has 0 aliphatic carbocycles. The van der Waals surface area contributed by atoms with Crippen molar-refractivity contribution in [1.82, 2.24) is 9.55 Å². The van der Waals surface area contributed by atoms with E-state index in [2.05, 4.69) is 11.1 Å². The molecule has 0 spiro atoms. The van der Waals surface area contributed by atoms with Gasteiger partial charge >= 0.3 is 0 Å². The van der Waals surface area contributed by atoms with Crippen LogP contribution in [0.25, 0.3) is 0 Å². The van der Waals surface area contributed by atoms with Crippen molar-refractivity contribution in [3.8, 4) is 23.3 Å². The number of aryl methyl sites for hydroxylation is 1. The number of pyridine rings is 2. The Morgan fingerprint density at radius 3 is 2.64 bits per heavy atom. The van der Waals surface area contributed by atoms with Gasteiger partial charge in [-0.25, -0.2) is 0 Å². The molecular formula is C30H25ClN4O4. The molecule has 4 aromatic rings. The lowest BCUT2D eigenvalue weighted by Gasteiger charge is -2.27. The third kappa shape index (κ3) is 5.05. The molecule has 0 amide bonds. The summed E-state index contributed by atoms with van der Waals surface area (Å²) in [6.07, 6.45) is 1.68. The van der Waals surface area contributed by atoms with Crippen molar-refractivity contribution in [2.75, 3.05) is 7.11 Å². The van der Waals surface area contributed by atoms with Crippen LogP contribution in [0.15, 0.2) is 89.2 Å². The van der Waals surface area contributed by atoms with Gasteiger partial charge in [-0.1, -0.05) is 41.9 Å². The highest BCUT2D eigenvalue weighted by molar-refractivity contribution is 6.31. The number of aromatic nitrogens is 2. The first-order valence-electron chi connectivity index (χ1n) is 12.2. The minimum atomic E-state index is -0.770. The molecule has 0 radical (unpaired) electrons. The third-order valence-corrected chi connectivity index (χ3v) is 6.97. The Morgan fingerprint density at radius 2 is 1.92 bits per heavy atom. The number of hydrogen-bond acceptors (Lipinski definition) is 7. The predicted molar refractivity (Wildman–Crippen MR) is 147 cm³/mol. The van der Waals surface area contributed by atoms with E-state index in [1.807, 2.05) is 43.3 Å². The van der Waals surface area contributed by atoms with Crippen LogP contribution in [0, 0.1) is 18.3 Å². The summed E-state index contributed by atoms with van der Waals surface area (Å²) in [4.78, 5) is 18.3. The van der Waals surface area contributed by atoms with E-state index in [1.165, 1.54) is 7.11 Å². The van der Waals surface area contributed by atoms with Gasteiger partial charge in [-0.05, 0) is 42.8 Å². The fraction of sp³-hybridized carbons (Fsp3) is 0.167. The van der Waals surface area contributed by atoms with E-state index in [4.69, 9.17) is 31.5 Å². The minimum Gasteiger partial charge on any atom is -0.493 e. The Morgan fingerprint density at radius 1 is 1.13 bits per heavy atom. The number of methoxy groups -OCH3 is 1. The van der Waals surface area contributed by atoms with Crippen molar-refractivity contribution < 1.29 is 14.2 Å². The number of nitrogens with zero attached hydrogens (tertiary/aromatic N) is 3. The molecule has 39 heavy (non-hydrogen) atoms. The largest absolute Gasteiger partial charge is 0.493 e. The van der Waals surface area contributed by atoms with E-state index in [1.54, 1.807) is 41.1 Å². The molecule has 1 aliphatic heterocycles. The number of allylic oxidation sites excluding steroid dienone is 1. The normalized spacial score (nSPS) is 14.3. The van der Waals surface area contributed by atoms with Crippen LogP contribution in [0.1, 0.15) is 34.0 Å².